The number of pyridine rings is 1. The van der Waals surface area contributed by atoms with E-state index in [0.717, 1.165) is 12.3 Å². The molecule has 1 N–H and O–H groups in total. The van der Waals surface area contributed by atoms with E-state index < -0.39 is 21.3 Å². The molecule has 0 aromatic carbocycles. The van der Waals surface area contributed by atoms with Crippen LogP contribution in [0.2, 0.25) is 0 Å². The Balaban J connectivity index is 2.98. The summed E-state index contributed by atoms with van der Waals surface area (Å²) >= 11 is 2.96. The van der Waals surface area contributed by atoms with Gasteiger partial charge in [-0.15, -0.1) is 0 Å². The van der Waals surface area contributed by atoms with E-state index in [0.29, 0.717) is 4.47 Å². The van der Waals surface area contributed by atoms with E-state index in [1.165, 1.54) is 10.8 Å². The van der Waals surface area contributed by atoms with Crippen molar-refractivity contribution >= 4 is 31.8 Å². The van der Waals surface area contributed by atoms with Crippen LogP contribution < -0.4 is 4.72 Å². The monoisotopic (exact) mass is 304 g/mol. The maximum absolute atomic E-state index is 11.9. The topological polar surface area (TPSA) is 59.1 Å². The van der Waals surface area contributed by atoms with Crippen molar-refractivity contribution in [2.45, 2.75) is 5.51 Å². The normalized spacial score (nSPS) is 12.5. The Hall–Kier alpha value is -0.830. The van der Waals surface area contributed by atoms with Gasteiger partial charge in [-0.25, -0.2) is 4.98 Å². The lowest BCUT2D eigenvalue weighted by Gasteiger charge is -2.09. The Morgan fingerprint density at radius 3 is 2.47 bits per heavy atom. The molecule has 0 saturated heterocycles. The number of sulfonamides is 1. The molecule has 0 aliphatic rings. The second kappa shape index (κ2) is 3.97. The van der Waals surface area contributed by atoms with Crippen LogP contribution in [0.5, 0.6) is 0 Å². The molecule has 1 rings (SSSR count). The maximum atomic E-state index is 11.9. The Morgan fingerprint density at radius 2 is 2.00 bits per heavy atom. The van der Waals surface area contributed by atoms with Gasteiger partial charge in [-0.05, 0) is 12.1 Å². The Bertz CT molecular complexity index is 460. The van der Waals surface area contributed by atoms with Crippen LogP contribution in [0.4, 0.5) is 19.0 Å². The summed E-state index contributed by atoms with van der Waals surface area (Å²) in [6.45, 7) is 0. The van der Waals surface area contributed by atoms with Crippen molar-refractivity contribution in [2.24, 2.45) is 0 Å². The number of halogens is 4. The summed E-state index contributed by atoms with van der Waals surface area (Å²) in [5, 5.41) is 0. The van der Waals surface area contributed by atoms with E-state index in [1.807, 2.05) is 0 Å². The minimum absolute atomic E-state index is 0.401. The third-order valence-corrected chi connectivity index (χ3v) is 2.85. The molecule has 0 spiro atoms. The van der Waals surface area contributed by atoms with Gasteiger partial charge in [-0.1, -0.05) is 15.9 Å². The van der Waals surface area contributed by atoms with E-state index >= 15 is 0 Å². The first-order valence-electron chi connectivity index (χ1n) is 3.43. The summed E-state index contributed by atoms with van der Waals surface area (Å²) in [4.78, 5) is 3.42. The minimum Gasteiger partial charge on any atom is -0.260 e. The molecule has 0 amide bonds. The summed E-state index contributed by atoms with van der Waals surface area (Å²) in [6.07, 6.45) is 1.16. The maximum Gasteiger partial charge on any atom is 0.516 e. The summed E-state index contributed by atoms with van der Waals surface area (Å²) < 4.78 is 58.8. The van der Waals surface area contributed by atoms with Crippen molar-refractivity contribution in [3.05, 3.63) is 22.8 Å². The Kier molecular flexibility index (Phi) is 3.24. The van der Waals surface area contributed by atoms with Crippen molar-refractivity contribution in [3.63, 3.8) is 0 Å². The molecule has 0 radical (unpaired) electrons. The van der Waals surface area contributed by atoms with E-state index in [-0.39, 0.29) is 0 Å². The zero-order valence-electron chi connectivity index (χ0n) is 6.92. The van der Waals surface area contributed by atoms with Crippen molar-refractivity contribution in [2.75, 3.05) is 4.72 Å². The molecule has 0 saturated carbocycles. The molecular formula is C6H4BrF3N2O2S. The van der Waals surface area contributed by atoms with E-state index in [2.05, 4.69) is 20.9 Å². The molecule has 0 aliphatic carbocycles. The zero-order chi connectivity index (χ0) is 11.7. The lowest BCUT2D eigenvalue weighted by atomic mass is 10.5. The SMILES string of the molecule is O=S(=O)(Nc1cc(Br)ccn1)C(F)(F)F. The van der Waals surface area contributed by atoms with Gasteiger partial charge in [0.1, 0.15) is 5.82 Å². The van der Waals surface area contributed by atoms with Gasteiger partial charge in [0, 0.05) is 10.7 Å². The van der Waals surface area contributed by atoms with Crippen molar-refractivity contribution < 1.29 is 21.6 Å². The van der Waals surface area contributed by atoms with Gasteiger partial charge in [0.15, 0.2) is 0 Å². The van der Waals surface area contributed by atoms with Crippen LogP contribution >= 0.6 is 15.9 Å². The van der Waals surface area contributed by atoms with Gasteiger partial charge in [-0.2, -0.15) is 21.6 Å². The lowest BCUT2D eigenvalue weighted by Crippen LogP contribution is -2.30. The molecule has 1 aromatic heterocycles. The molecule has 4 nitrogen and oxygen atoms in total. The summed E-state index contributed by atoms with van der Waals surface area (Å²) in [6, 6.07) is 2.56. The zero-order valence-corrected chi connectivity index (χ0v) is 9.32. The molecule has 0 unspecified atom stereocenters. The van der Waals surface area contributed by atoms with Crippen LogP contribution in [0.1, 0.15) is 0 Å². The molecule has 9 heteroatoms. The third-order valence-electron chi connectivity index (χ3n) is 1.27. The van der Waals surface area contributed by atoms with Gasteiger partial charge in [-0.3, -0.25) is 4.72 Å². The van der Waals surface area contributed by atoms with Gasteiger partial charge >= 0.3 is 15.5 Å². The van der Waals surface area contributed by atoms with E-state index in [1.54, 1.807) is 0 Å². The lowest BCUT2D eigenvalue weighted by molar-refractivity contribution is -0.0429. The second-order valence-corrected chi connectivity index (χ2v) is 5.00. The van der Waals surface area contributed by atoms with Crippen LogP contribution in [0.3, 0.4) is 0 Å². The summed E-state index contributed by atoms with van der Waals surface area (Å²) in [5.74, 6) is -0.401. The molecule has 15 heavy (non-hydrogen) atoms. The molecule has 1 aromatic rings. The molecule has 84 valence electrons. The number of nitrogens with one attached hydrogen (secondary N) is 1. The van der Waals surface area contributed by atoms with Gasteiger partial charge in [0.2, 0.25) is 0 Å². The van der Waals surface area contributed by atoms with Gasteiger partial charge in [0.05, 0.1) is 0 Å². The predicted octanol–water partition coefficient (Wildman–Crippen LogP) is 2.11. The number of nitrogens with zero attached hydrogens (tertiary/aromatic N) is 1. The highest BCUT2D eigenvalue weighted by atomic mass is 79.9. The third kappa shape index (κ3) is 3.06. The summed E-state index contributed by atoms with van der Waals surface area (Å²) in [5.41, 5.74) is -5.35. The van der Waals surface area contributed by atoms with Crippen LogP contribution in [0, 0.1) is 0 Å². The first-order valence-corrected chi connectivity index (χ1v) is 5.70. The van der Waals surface area contributed by atoms with Crippen molar-refractivity contribution in [1.82, 2.24) is 4.98 Å². The number of hydrogen-bond donors (Lipinski definition) is 1. The average Bonchev–Trinajstić information content (AvgIpc) is 2.00. The average molecular weight is 305 g/mol. The highest BCUT2D eigenvalue weighted by molar-refractivity contribution is 9.10. The first-order chi connectivity index (χ1) is 6.72. The first kappa shape index (κ1) is 12.2. The second-order valence-electron chi connectivity index (χ2n) is 2.41. The smallest absolute Gasteiger partial charge is 0.260 e. The largest absolute Gasteiger partial charge is 0.516 e. The van der Waals surface area contributed by atoms with Crippen molar-refractivity contribution in [3.8, 4) is 0 Å². The Morgan fingerprint density at radius 1 is 1.40 bits per heavy atom. The number of alkyl halides is 3. The number of rotatable bonds is 2. The molecular weight excluding hydrogens is 301 g/mol. The van der Waals surface area contributed by atoms with E-state index in [4.69, 9.17) is 0 Å². The fourth-order valence-electron chi connectivity index (χ4n) is 0.656. The molecule has 0 aliphatic heterocycles. The number of aromatic nitrogens is 1. The minimum atomic E-state index is -5.40. The number of hydrogen-bond acceptors (Lipinski definition) is 3. The molecule has 1 heterocycles. The number of anilines is 1. The van der Waals surface area contributed by atoms with Crippen molar-refractivity contribution in [1.29, 1.82) is 0 Å². The quantitative estimate of drug-likeness (QED) is 0.910. The van der Waals surface area contributed by atoms with Gasteiger partial charge in [0.25, 0.3) is 0 Å². The predicted molar refractivity (Wildman–Crippen MR) is 50.5 cm³/mol. The highest BCUT2D eigenvalue weighted by Crippen LogP contribution is 2.25. The fourth-order valence-corrected chi connectivity index (χ4v) is 1.49. The fraction of sp³-hybridized carbons (Fsp3) is 0.167. The van der Waals surface area contributed by atoms with Crippen LogP contribution in [-0.4, -0.2) is 18.9 Å². The van der Waals surface area contributed by atoms with Crippen LogP contribution in [0.25, 0.3) is 0 Å². The van der Waals surface area contributed by atoms with E-state index in [9.17, 15) is 21.6 Å². The molecule has 0 atom stereocenters. The Labute approximate surface area is 91.7 Å². The summed E-state index contributed by atoms with van der Waals surface area (Å²) in [7, 11) is -5.40. The molecule has 0 fully saturated rings. The highest BCUT2D eigenvalue weighted by Gasteiger charge is 2.46. The van der Waals surface area contributed by atoms with Gasteiger partial charge < -0.3 is 0 Å². The standard InChI is InChI=1S/C6H4BrF3N2O2S/c7-4-1-2-11-5(3-4)12-15(13,14)6(8,9)10/h1-3H,(H,11,12). The molecule has 0 bridgehead atoms. The van der Waals surface area contributed by atoms with Crippen LogP contribution in [0.15, 0.2) is 22.8 Å². The van der Waals surface area contributed by atoms with Crippen LogP contribution in [-0.2, 0) is 10.0 Å².